The van der Waals surface area contributed by atoms with Crippen LogP contribution in [-0.4, -0.2) is 50.2 Å². The Morgan fingerprint density at radius 2 is 1.97 bits per heavy atom. The molecule has 6 unspecified atom stereocenters. The van der Waals surface area contributed by atoms with Gasteiger partial charge in [0.15, 0.2) is 5.78 Å². The number of aliphatic hydroxyl groups is 1. The molecule has 34 heavy (non-hydrogen) atoms. The number of pyridine rings is 1. The molecule has 186 valence electrons. The van der Waals surface area contributed by atoms with E-state index in [2.05, 4.69) is 22.1 Å². The molecule has 1 N–H and O–H groups in total. The Hall–Kier alpha value is -1.86. The molecule has 0 radical (unpaired) electrons. The molecule has 7 heteroatoms. The number of aromatic nitrogens is 4. The number of carbonyl (C=O) groups excluding carboxylic acids is 1. The molecule has 2 aromatic heterocycles. The molecule has 5 rings (SSSR count). The van der Waals surface area contributed by atoms with Gasteiger partial charge in [-0.15, -0.1) is 0 Å². The lowest BCUT2D eigenvalue weighted by atomic mass is 9.59. The standard InChI is InChI=1S/C27H40N4O3/c1-26-12-4-6-20(8-7-19-5-3-13-27(33,15-19)18-34-2)21(26)9-10-22(26)25(32)17-31-29-23-11-14-28-16-24(23)30-31/h11,14,16,19-22,33H,3-10,12-13,15,17-18H2,1-2H3. The lowest BCUT2D eigenvalue weighted by Crippen LogP contribution is -2.41. The second-order valence-electron chi connectivity index (χ2n) is 11.7. The third kappa shape index (κ3) is 4.66. The van der Waals surface area contributed by atoms with Crippen molar-refractivity contribution in [3.63, 3.8) is 0 Å². The number of nitrogens with zero attached hydrogens (tertiary/aromatic N) is 4. The van der Waals surface area contributed by atoms with E-state index >= 15 is 0 Å². The van der Waals surface area contributed by atoms with E-state index in [9.17, 15) is 9.90 Å². The average molecular weight is 469 g/mol. The van der Waals surface area contributed by atoms with Crippen LogP contribution in [0, 0.1) is 29.1 Å². The molecule has 0 saturated heterocycles. The maximum Gasteiger partial charge on any atom is 0.159 e. The Kier molecular flexibility index (Phi) is 6.77. The number of ether oxygens (including phenoxy) is 1. The highest BCUT2D eigenvalue weighted by atomic mass is 16.5. The van der Waals surface area contributed by atoms with Gasteiger partial charge in [0.2, 0.25) is 0 Å². The number of fused-ring (bicyclic) bond motifs is 2. The van der Waals surface area contributed by atoms with Gasteiger partial charge >= 0.3 is 0 Å². The van der Waals surface area contributed by atoms with Crippen LogP contribution < -0.4 is 0 Å². The predicted octanol–water partition coefficient (Wildman–Crippen LogP) is 4.58. The van der Waals surface area contributed by atoms with Crippen LogP contribution in [-0.2, 0) is 16.1 Å². The first-order valence-corrected chi connectivity index (χ1v) is 13.3. The van der Waals surface area contributed by atoms with Crippen molar-refractivity contribution in [2.75, 3.05) is 13.7 Å². The van der Waals surface area contributed by atoms with E-state index < -0.39 is 5.60 Å². The van der Waals surface area contributed by atoms with Crippen LogP contribution in [0.5, 0.6) is 0 Å². The van der Waals surface area contributed by atoms with Crippen molar-refractivity contribution in [2.24, 2.45) is 29.1 Å². The molecule has 6 atom stereocenters. The van der Waals surface area contributed by atoms with E-state index in [1.807, 2.05) is 6.07 Å². The fraction of sp³-hybridized carbons (Fsp3) is 0.778. The molecule has 3 aliphatic rings. The maximum atomic E-state index is 13.4. The van der Waals surface area contributed by atoms with E-state index in [0.29, 0.717) is 24.4 Å². The molecule has 3 aliphatic carbocycles. The first-order valence-electron chi connectivity index (χ1n) is 13.3. The monoisotopic (exact) mass is 468 g/mol. The lowest BCUT2D eigenvalue weighted by Gasteiger charge is -2.45. The molecule has 3 fully saturated rings. The molecule has 0 amide bonds. The van der Waals surface area contributed by atoms with Gasteiger partial charge in [-0.05, 0) is 67.8 Å². The number of hydrogen-bond acceptors (Lipinski definition) is 6. The summed E-state index contributed by atoms with van der Waals surface area (Å²) in [4.78, 5) is 19.1. The quantitative estimate of drug-likeness (QED) is 0.610. The van der Waals surface area contributed by atoms with E-state index in [1.54, 1.807) is 24.3 Å². The second-order valence-corrected chi connectivity index (χ2v) is 11.7. The molecule has 0 aliphatic heterocycles. The predicted molar refractivity (Wildman–Crippen MR) is 130 cm³/mol. The molecule has 0 spiro atoms. The SMILES string of the molecule is COCC1(O)CCCC(CCC2CCCC3(C)C(C(=O)Cn4nc5ccncc5n4)CCC23)C1. The molecule has 3 saturated carbocycles. The largest absolute Gasteiger partial charge is 0.387 e. The average Bonchev–Trinajstić information content (AvgIpc) is 3.37. The smallest absolute Gasteiger partial charge is 0.159 e. The summed E-state index contributed by atoms with van der Waals surface area (Å²) in [6, 6.07) is 1.84. The van der Waals surface area contributed by atoms with Crippen LogP contribution in [0.15, 0.2) is 18.5 Å². The fourth-order valence-corrected chi connectivity index (χ4v) is 7.91. The van der Waals surface area contributed by atoms with Gasteiger partial charge in [-0.3, -0.25) is 9.78 Å². The summed E-state index contributed by atoms with van der Waals surface area (Å²) in [6.45, 7) is 3.09. The zero-order valence-corrected chi connectivity index (χ0v) is 20.8. The van der Waals surface area contributed by atoms with Gasteiger partial charge in [0, 0.05) is 19.2 Å². The molecular weight excluding hydrogens is 428 g/mol. The topological polar surface area (TPSA) is 90.1 Å². The second kappa shape index (κ2) is 9.65. The minimum atomic E-state index is -0.634. The van der Waals surface area contributed by atoms with Gasteiger partial charge in [-0.2, -0.15) is 15.0 Å². The third-order valence-electron chi connectivity index (χ3n) is 9.46. The molecule has 2 heterocycles. The Morgan fingerprint density at radius 3 is 2.79 bits per heavy atom. The van der Waals surface area contributed by atoms with Crippen LogP contribution in [0.4, 0.5) is 0 Å². The number of rotatable bonds is 8. The minimum Gasteiger partial charge on any atom is -0.387 e. The summed E-state index contributed by atoms with van der Waals surface area (Å²) in [5, 5.41) is 19.8. The highest BCUT2D eigenvalue weighted by Gasteiger charge is 2.53. The van der Waals surface area contributed by atoms with Crippen molar-refractivity contribution in [3.8, 4) is 0 Å². The Labute approximate surface area is 202 Å². The van der Waals surface area contributed by atoms with Crippen molar-refractivity contribution < 1.29 is 14.6 Å². The first-order chi connectivity index (χ1) is 16.4. The maximum absolute atomic E-state index is 13.4. The molecule has 2 aromatic rings. The van der Waals surface area contributed by atoms with Crippen molar-refractivity contribution in [1.82, 2.24) is 20.0 Å². The molecular formula is C27H40N4O3. The van der Waals surface area contributed by atoms with Gasteiger partial charge in [-0.25, -0.2) is 0 Å². The number of hydrogen-bond donors (Lipinski definition) is 1. The summed E-state index contributed by atoms with van der Waals surface area (Å²) < 4.78 is 5.30. The summed E-state index contributed by atoms with van der Waals surface area (Å²) in [5.74, 6) is 2.32. The minimum absolute atomic E-state index is 0.0947. The molecule has 0 aromatic carbocycles. The highest BCUT2D eigenvalue weighted by molar-refractivity contribution is 5.82. The van der Waals surface area contributed by atoms with Crippen molar-refractivity contribution in [1.29, 1.82) is 0 Å². The Balaban J connectivity index is 1.21. The van der Waals surface area contributed by atoms with Crippen LogP contribution in [0.1, 0.15) is 77.6 Å². The van der Waals surface area contributed by atoms with Gasteiger partial charge < -0.3 is 9.84 Å². The van der Waals surface area contributed by atoms with E-state index in [0.717, 1.165) is 49.6 Å². The van der Waals surface area contributed by atoms with Gasteiger partial charge in [0.1, 0.15) is 17.6 Å². The highest BCUT2D eigenvalue weighted by Crippen LogP contribution is 2.59. The molecule has 7 nitrogen and oxygen atoms in total. The molecule has 0 bridgehead atoms. The van der Waals surface area contributed by atoms with Gasteiger partial charge in [-0.1, -0.05) is 39.0 Å². The zero-order chi connectivity index (χ0) is 23.8. The van der Waals surface area contributed by atoms with Crippen LogP contribution in [0.3, 0.4) is 0 Å². The van der Waals surface area contributed by atoms with E-state index in [-0.39, 0.29) is 23.7 Å². The number of methoxy groups -OCH3 is 1. The summed E-state index contributed by atoms with van der Waals surface area (Å²) in [7, 11) is 1.68. The van der Waals surface area contributed by atoms with Crippen LogP contribution in [0.25, 0.3) is 11.0 Å². The summed E-state index contributed by atoms with van der Waals surface area (Å²) in [5.41, 5.74) is 0.988. The number of ketones is 1. The number of carbonyl (C=O) groups is 1. The Bertz CT molecular complexity index is 972. The summed E-state index contributed by atoms with van der Waals surface area (Å²) in [6.07, 6.45) is 15.7. The van der Waals surface area contributed by atoms with Crippen molar-refractivity contribution in [2.45, 2.75) is 89.7 Å². The van der Waals surface area contributed by atoms with Crippen molar-refractivity contribution >= 4 is 16.8 Å². The van der Waals surface area contributed by atoms with Crippen LogP contribution >= 0.6 is 0 Å². The van der Waals surface area contributed by atoms with Crippen LogP contribution in [0.2, 0.25) is 0 Å². The van der Waals surface area contributed by atoms with Gasteiger partial charge in [0.25, 0.3) is 0 Å². The first kappa shape index (κ1) is 23.9. The number of Topliss-reactive ketones (excluding diaryl/α,β-unsaturated/α-hetero) is 1. The van der Waals surface area contributed by atoms with E-state index in [1.165, 1.54) is 32.1 Å². The van der Waals surface area contributed by atoms with Crippen molar-refractivity contribution in [3.05, 3.63) is 18.5 Å². The fourth-order valence-electron chi connectivity index (χ4n) is 7.91. The zero-order valence-electron chi connectivity index (χ0n) is 20.8. The lowest BCUT2D eigenvalue weighted by molar-refractivity contribution is -0.128. The normalized spacial score (nSPS) is 36.0. The third-order valence-corrected chi connectivity index (χ3v) is 9.46. The Morgan fingerprint density at radius 1 is 1.15 bits per heavy atom. The van der Waals surface area contributed by atoms with Gasteiger partial charge in [0.05, 0.1) is 18.4 Å². The summed E-state index contributed by atoms with van der Waals surface area (Å²) >= 11 is 0. The van der Waals surface area contributed by atoms with E-state index in [4.69, 9.17) is 4.74 Å².